The predicted octanol–water partition coefficient (Wildman–Crippen LogP) is 3.11. The Morgan fingerprint density at radius 3 is 2.32 bits per heavy atom. The summed E-state index contributed by atoms with van der Waals surface area (Å²) in [5, 5.41) is 30.7. The van der Waals surface area contributed by atoms with Crippen molar-refractivity contribution in [2.45, 2.75) is 63.3 Å². The number of esters is 1. The molecular weight excluding hydrogens is 456 g/mol. The predicted molar refractivity (Wildman–Crippen MR) is 129 cm³/mol. The highest BCUT2D eigenvalue weighted by Crippen LogP contribution is 2.26. The molecule has 2 aromatic carbocycles. The lowest BCUT2D eigenvalue weighted by molar-refractivity contribution is -0.299. The van der Waals surface area contributed by atoms with Gasteiger partial charge in [-0.1, -0.05) is 37.8 Å². The van der Waals surface area contributed by atoms with Crippen LogP contribution in [0.4, 0.5) is 0 Å². The van der Waals surface area contributed by atoms with Gasteiger partial charge in [0.05, 0.1) is 5.56 Å². The summed E-state index contributed by atoms with van der Waals surface area (Å²) in [5.41, 5.74) is 1.00. The number of hydrogen-bond donors (Lipinski definition) is 3. The van der Waals surface area contributed by atoms with Crippen LogP contribution in [-0.4, -0.2) is 73.3 Å². The highest BCUT2D eigenvalue weighted by atomic mass is 28.3. The monoisotopic (exact) mass is 490 g/mol. The Morgan fingerprint density at radius 2 is 1.68 bits per heavy atom. The van der Waals surface area contributed by atoms with Crippen molar-refractivity contribution >= 4 is 14.0 Å². The Kier molecular flexibility index (Phi) is 8.86. The summed E-state index contributed by atoms with van der Waals surface area (Å²) >= 11 is 0. The van der Waals surface area contributed by atoms with Crippen LogP contribution in [0.2, 0.25) is 25.7 Å². The number of aliphatic hydroxyl groups excluding tert-OH is 3. The highest BCUT2D eigenvalue weighted by molar-refractivity contribution is 6.76. The summed E-state index contributed by atoms with van der Waals surface area (Å²) in [5.74, 6) is 0.668. The third-order valence-corrected chi connectivity index (χ3v) is 7.28. The first-order valence-corrected chi connectivity index (χ1v) is 15.1. The first kappa shape index (κ1) is 26.3. The number of ether oxygens (including phenoxy) is 4. The maximum atomic E-state index is 12.7. The second kappa shape index (κ2) is 11.4. The topological polar surface area (TPSA) is 115 Å². The molecule has 3 rings (SSSR count). The number of hydrogen-bond acceptors (Lipinski definition) is 8. The summed E-state index contributed by atoms with van der Waals surface area (Å²) in [7, 11) is -1.36. The van der Waals surface area contributed by atoms with Gasteiger partial charge in [-0.05, 0) is 48.9 Å². The van der Waals surface area contributed by atoms with Crippen LogP contribution in [0.1, 0.15) is 15.9 Å². The molecule has 0 unspecified atom stereocenters. The molecule has 9 heteroatoms. The van der Waals surface area contributed by atoms with Gasteiger partial charge in [0.1, 0.15) is 42.5 Å². The molecule has 2 aromatic rings. The lowest BCUT2D eigenvalue weighted by Gasteiger charge is -2.40. The molecule has 0 aliphatic carbocycles. The Balaban J connectivity index is 1.58. The van der Waals surface area contributed by atoms with Gasteiger partial charge in [0.2, 0.25) is 0 Å². The maximum absolute atomic E-state index is 12.7. The average molecular weight is 491 g/mol. The molecule has 0 radical (unpaired) electrons. The molecule has 186 valence electrons. The van der Waals surface area contributed by atoms with E-state index < -0.39 is 44.7 Å². The lowest BCUT2D eigenvalue weighted by Crippen LogP contribution is -2.59. The van der Waals surface area contributed by atoms with Gasteiger partial charge in [-0.2, -0.15) is 0 Å². The van der Waals surface area contributed by atoms with Crippen molar-refractivity contribution in [2.24, 2.45) is 0 Å². The zero-order valence-electron chi connectivity index (χ0n) is 20.0. The molecule has 0 aromatic heterocycles. The smallest absolute Gasteiger partial charge is 0.338 e. The number of carbonyl (C=O) groups excluding carboxylic acids is 1. The number of para-hydroxylation sites is 1. The zero-order valence-corrected chi connectivity index (χ0v) is 21.0. The summed E-state index contributed by atoms with van der Waals surface area (Å²) < 4.78 is 22.4. The van der Waals surface area contributed by atoms with Crippen molar-refractivity contribution in [3.63, 3.8) is 0 Å². The van der Waals surface area contributed by atoms with E-state index in [1.807, 2.05) is 30.3 Å². The first-order chi connectivity index (χ1) is 16.0. The van der Waals surface area contributed by atoms with E-state index in [-0.39, 0.29) is 6.61 Å². The van der Waals surface area contributed by atoms with Crippen molar-refractivity contribution < 1.29 is 39.1 Å². The van der Waals surface area contributed by atoms with E-state index >= 15 is 0 Å². The van der Waals surface area contributed by atoms with Crippen LogP contribution in [-0.2, 0) is 14.2 Å². The van der Waals surface area contributed by atoms with Crippen molar-refractivity contribution in [3.8, 4) is 11.5 Å². The van der Waals surface area contributed by atoms with E-state index in [9.17, 15) is 20.1 Å². The molecule has 1 aliphatic heterocycles. The Bertz CT molecular complexity index is 946. The lowest BCUT2D eigenvalue weighted by atomic mass is 9.99. The maximum Gasteiger partial charge on any atom is 0.338 e. The van der Waals surface area contributed by atoms with Crippen molar-refractivity contribution in [2.75, 3.05) is 13.2 Å². The summed E-state index contributed by atoms with van der Waals surface area (Å²) in [6.45, 7) is 8.40. The van der Waals surface area contributed by atoms with Crippen LogP contribution in [0.25, 0.3) is 0 Å². The number of carbonyl (C=O) groups is 1. The molecule has 8 nitrogen and oxygen atoms in total. The van der Waals surface area contributed by atoms with Gasteiger partial charge < -0.3 is 34.3 Å². The number of aryl methyl sites for hydroxylation is 1. The fraction of sp³-hybridized carbons (Fsp3) is 0.480. The number of rotatable bonds is 9. The van der Waals surface area contributed by atoms with Crippen LogP contribution in [0, 0.1) is 6.92 Å². The molecule has 0 spiro atoms. The molecule has 5 atom stereocenters. The van der Waals surface area contributed by atoms with Crippen molar-refractivity contribution in [3.05, 3.63) is 59.7 Å². The normalized spacial score (nSPS) is 25.1. The van der Waals surface area contributed by atoms with Gasteiger partial charge in [0.15, 0.2) is 6.29 Å². The quantitative estimate of drug-likeness (QED) is 0.363. The standard InChI is InChI=1S/C25H34O8Si/c1-16-14-18(32-17-8-6-5-7-9-17)10-11-19(16)24(29)31-15-20-21(26)22(27)23(28)25(33-20)30-12-13-34(2,3)4/h5-11,14,20-23,25-28H,12-13,15H2,1-4H3/t20-,21-,22+,23-,25-/m1/s1. The summed E-state index contributed by atoms with van der Waals surface area (Å²) in [4.78, 5) is 12.7. The van der Waals surface area contributed by atoms with Crippen molar-refractivity contribution in [1.82, 2.24) is 0 Å². The van der Waals surface area contributed by atoms with Gasteiger partial charge in [0.25, 0.3) is 0 Å². The molecular formula is C25H34O8Si. The van der Waals surface area contributed by atoms with Gasteiger partial charge in [-0.3, -0.25) is 0 Å². The first-order valence-electron chi connectivity index (χ1n) is 11.4. The molecule has 0 amide bonds. The van der Waals surface area contributed by atoms with Crippen LogP contribution in [0.3, 0.4) is 0 Å². The van der Waals surface area contributed by atoms with E-state index in [0.717, 1.165) is 6.04 Å². The van der Waals surface area contributed by atoms with E-state index in [1.54, 1.807) is 25.1 Å². The molecule has 0 saturated carbocycles. The molecule has 34 heavy (non-hydrogen) atoms. The van der Waals surface area contributed by atoms with Gasteiger partial charge in [-0.25, -0.2) is 4.79 Å². The minimum atomic E-state index is -1.48. The van der Waals surface area contributed by atoms with E-state index in [4.69, 9.17) is 18.9 Å². The summed E-state index contributed by atoms with van der Waals surface area (Å²) in [6.07, 6.45) is -6.47. The van der Waals surface area contributed by atoms with Gasteiger partial charge in [0, 0.05) is 14.7 Å². The fourth-order valence-electron chi connectivity index (χ4n) is 3.46. The highest BCUT2D eigenvalue weighted by Gasteiger charge is 2.44. The minimum absolute atomic E-state index is 0.306. The molecule has 3 N–H and O–H groups in total. The second-order valence-electron chi connectivity index (χ2n) is 9.69. The number of aliphatic hydroxyl groups is 3. The van der Waals surface area contributed by atoms with Crippen LogP contribution >= 0.6 is 0 Å². The molecule has 1 heterocycles. The van der Waals surface area contributed by atoms with Crippen LogP contribution in [0.5, 0.6) is 11.5 Å². The molecule has 1 aliphatic rings. The van der Waals surface area contributed by atoms with Gasteiger partial charge in [-0.15, -0.1) is 0 Å². The Labute approximate surface area is 201 Å². The Hall–Kier alpha value is -2.27. The zero-order chi connectivity index (χ0) is 24.9. The Morgan fingerprint density at radius 1 is 0.971 bits per heavy atom. The van der Waals surface area contributed by atoms with E-state index in [2.05, 4.69) is 19.6 Å². The van der Waals surface area contributed by atoms with E-state index in [1.165, 1.54) is 0 Å². The molecule has 1 fully saturated rings. The third-order valence-electron chi connectivity index (χ3n) is 5.58. The molecule has 0 bridgehead atoms. The minimum Gasteiger partial charge on any atom is -0.459 e. The van der Waals surface area contributed by atoms with Gasteiger partial charge >= 0.3 is 5.97 Å². The number of benzene rings is 2. The van der Waals surface area contributed by atoms with E-state index in [0.29, 0.717) is 29.2 Å². The average Bonchev–Trinajstić information content (AvgIpc) is 2.78. The summed E-state index contributed by atoms with van der Waals surface area (Å²) in [6, 6.07) is 15.2. The SMILES string of the molecule is Cc1cc(Oc2ccccc2)ccc1C(=O)OC[C@H]1O[C@@H](OCC[Si](C)(C)C)[C@H](O)[C@@H](O)[C@@H]1O. The van der Waals surface area contributed by atoms with Crippen LogP contribution < -0.4 is 4.74 Å². The largest absolute Gasteiger partial charge is 0.459 e. The molecule has 1 saturated heterocycles. The fourth-order valence-corrected chi connectivity index (χ4v) is 4.19. The second-order valence-corrected chi connectivity index (χ2v) is 15.3. The van der Waals surface area contributed by atoms with Crippen LogP contribution in [0.15, 0.2) is 48.5 Å². The van der Waals surface area contributed by atoms with Crippen molar-refractivity contribution in [1.29, 1.82) is 0 Å². The third kappa shape index (κ3) is 7.11.